The molecule has 2 nitrogen and oxygen atoms in total. The van der Waals surface area contributed by atoms with Gasteiger partial charge in [0.25, 0.3) is 0 Å². The summed E-state index contributed by atoms with van der Waals surface area (Å²) in [5, 5.41) is 3.71. The van der Waals surface area contributed by atoms with E-state index in [4.69, 9.17) is 4.74 Å². The molecule has 1 N–H and O–H groups in total. The van der Waals surface area contributed by atoms with Crippen molar-refractivity contribution < 1.29 is 4.74 Å². The minimum atomic E-state index is 0.613. The average Bonchev–Trinajstić information content (AvgIpc) is 2.73. The van der Waals surface area contributed by atoms with Gasteiger partial charge in [-0.3, -0.25) is 0 Å². The van der Waals surface area contributed by atoms with Gasteiger partial charge in [0.15, 0.2) is 0 Å². The quantitative estimate of drug-likeness (QED) is 0.747. The van der Waals surface area contributed by atoms with E-state index in [0.717, 1.165) is 19.1 Å². The van der Waals surface area contributed by atoms with Crippen molar-refractivity contribution in [3.05, 3.63) is 0 Å². The predicted molar refractivity (Wildman–Crippen MR) is 58.3 cm³/mol. The van der Waals surface area contributed by atoms with E-state index in [-0.39, 0.29) is 0 Å². The molecule has 1 heterocycles. The SMILES string of the molecule is CC1COCCC1NCC1CC1(C)C. The topological polar surface area (TPSA) is 21.3 Å². The smallest absolute Gasteiger partial charge is 0.0506 e. The molecule has 3 unspecified atom stereocenters. The first-order valence-corrected chi connectivity index (χ1v) is 5.91. The zero-order valence-corrected chi connectivity index (χ0v) is 9.68. The van der Waals surface area contributed by atoms with Crippen LogP contribution in [0.2, 0.25) is 0 Å². The van der Waals surface area contributed by atoms with Gasteiger partial charge in [0.05, 0.1) is 6.61 Å². The summed E-state index contributed by atoms with van der Waals surface area (Å²) >= 11 is 0. The van der Waals surface area contributed by atoms with Crippen LogP contribution in [0, 0.1) is 17.3 Å². The molecule has 1 saturated carbocycles. The molecule has 1 saturated heterocycles. The van der Waals surface area contributed by atoms with Crippen molar-refractivity contribution in [3.8, 4) is 0 Å². The highest BCUT2D eigenvalue weighted by atomic mass is 16.5. The van der Waals surface area contributed by atoms with Crippen molar-refractivity contribution in [2.24, 2.45) is 17.3 Å². The van der Waals surface area contributed by atoms with E-state index < -0.39 is 0 Å². The molecule has 2 aliphatic rings. The molecule has 3 atom stereocenters. The second-order valence-corrected chi connectivity index (χ2v) is 5.75. The summed E-state index contributed by atoms with van der Waals surface area (Å²) in [6.45, 7) is 10.1. The zero-order valence-electron chi connectivity index (χ0n) is 9.68. The lowest BCUT2D eigenvalue weighted by atomic mass is 9.97. The van der Waals surface area contributed by atoms with Crippen LogP contribution < -0.4 is 5.32 Å². The van der Waals surface area contributed by atoms with Crippen LogP contribution in [0.15, 0.2) is 0 Å². The molecule has 0 aromatic heterocycles. The molecule has 14 heavy (non-hydrogen) atoms. The largest absolute Gasteiger partial charge is 0.381 e. The highest BCUT2D eigenvalue weighted by Gasteiger charge is 2.45. The standard InChI is InChI=1S/C12H23NO/c1-9-8-14-5-4-11(9)13-7-10-6-12(10,2)3/h9-11,13H,4-8H2,1-3H3. The van der Waals surface area contributed by atoms with Crippen molar-refractivity contribution in [1.82, 2.24) is 5.32 Å². The summed E-state index contributed by atoms with van der Waals surface area (Å²) in [7, 11) is 0. The van der Waals surface area contributed by atoms with Crippen LogP contribution in [-0.4, -0.2) is 25.8 Å². The second kappa shape index (κ2) is 3.82. The number of hydrogen-bond donors (Lipinski definition) is 1. The van der Waals surface area contributed by atoms with E-state index in [1.54, 1.807) is 0 Å². The normalized spacial score (nSPS) is 40.9. The average molecular weight is 197 g/mol. The van der Waals surface area contributed by atoms with Crippen LogP contribution in [0.5, 0.6) is 0 Å². The Balaban J connectivity index is 1.70. The van der Waals surface area contributed by atoms with Crippen molar-refractivity contribution in [3.63, 3.8) is 0 Å². The van der Waals surface area contributed by atoms with Crippen LogP contribution in [0.4, 0.5) is 0 Å². The van der Waals surface area contributed by atoms with E-state index in [1.807, 2.05) is 0 Å². The van der Waals surface area contributed by atoms with Gasteiger partial charge in [-0.1, -0.05) is 20.8 Å². The second-order valence-electron chi connectivity index (χ2n) is 5.75. The lowest BCUT2D eigenvalue weighted by Gasteiger charge is -2.30. The highest BCUT2D eigenvalue weighted by Crippen LogP contribution is 2.51. The number of hydrogen-bond acceptors (Lipinski definition) is 2. The van der Waals surface area contributed by atoms with Gasteiger partial charge in [0.1, 0.15) is 0 Å². The molecule has 0 spiro atoms. The van der Waals surface area contributed by atoms with E-state index in [0.29, 0.717) is 17.4 Å². The fourth-order valence-corrected chi connectivity index (χ4v) is 2.40. The lowest BCUT2D eigenvalue weighted by molar-refractivity contribution is 0.0386. The van der Waals surface area contributed by atoms with Gasteiger partial charge in [-0.05, 0) is 36.6 Å². The van der Waals surface area contributed by atoms with Crippen LogP contribution in [0.3, 0.4) is 0 Å². The molecule has 1 aliphatic heterocycles. The number of ether oxygens (including phenoxy) is 1. The minimum absolute atomic E-state index is 0.613. The third-order valence-electron chi connectivity index (χ3n) is 3.98. The van der Waals surface area contributed by atoms with Gasteiger partial charge >= 0.3 is 0 Å². The first-order chi connectivity index (χ1) is 6.59. The molecule has 2 rings (SSSR count). The number of rotatable bonds is 3. The fourth-order valence-electron chi connectivity index (χ4n) is 2.40. The van der Waals surface area contributed by atoms with Gasteiger partial charge in [0, 0.05) is 12.6 Å². The maximum Gasteiger partial charge on any atom is 0.0506 e. The molecule has 0 radical (unpaired) electrons. The van der Waals surface area contributed by atoms with Gasteiger partial charge in [-0.2, -0.15) is 0 Å². The van der Waals surface area contributed by atoms with Crippen LogP contribution in [0.1, 0.15) is 33.6 Å². The van der Waals surface area contributed by atoms with E-state index in [1.165, 1.54) is 19.4 Å². The Hall–Kier alpha value is -0.0800. The van der Waals surface area contributed by atoms with E-state index >= 15 is 0 Å². The van der Waals surface area contributed by atoms with Gasteiger partial charge < -0.3 is 10.1 Å². The lowest BCUT2D eigenvalue weighted by Crippen LogP contribution is -2.42. The third-order valence-corrected chi connectivity index (χ3v) is 3.98. The summed E-state index contributed by atoms with van der Waals surface area (Å²) in [5.41, 5.74) is 0.613. The Kier molecular flexibility index (Phi) is 2.85. The van der Waals surface area contributed by atoms with Gasteiger partial charge in [-0.25, -0.2) is 0 Å². The van der Waals surface area contributed by atoms with Gasteiger partial charge in [0.2, 0.25) is 0 Å². The fraction of sp³-hybridized carbons (Fsp3) is 1.00. The van der Waals surface area contributed by atoms with Gasteiger partial charge in [-0.15, -0.1) is 0 Å². The molecular formula is C12H23NO. The first kappa shape index (κ1) is 10.4. The molecule has 0 amide bonds. The first-order valence-electron chi connectivity index (χ1n) is 5.91. The molecule has 0 aromatic carbocycles. The summed E-state index contributed by atoms with van der Waals surface area (Å²) in [6.07, 6.45) is 2.59. The molecule has 0 aromatic rings. The van der Waals surface area contributed by atoms with Crippen molar-refractivity contribution in [2.45, 2.75) is 39.7 Å². The van der Waals surface area contributed by atoms with Crippen LogP contribution in [0.25, 0.3) is 0 Å². The summed E-state index contributed by atoms with van der Waals surface area (Å²) in [5.74, 6) is 1.60. The molecule has 2 fully saturated rings. The Labute approximate surface area is 87.4 Å². The molecule has 82 valence electrons. The van der Waals surface area contributed by atoms with E-state index in [2.05, 4.69) is 26.1 Å². The maximum atomic E-state index is 5.44. The molecular weight excluding hydrogens is 174 g/mol. The van der Waals surface area contributed by atoms with Crippen molar-refractivity contribution >= 4 is 0 Å². The van der Waals surface area contributed by atoms with Crippen molar-refractivity contribution in [2.75, 3.05) is 19.8 Å². The van der Waals surface area contributed by atoms with Crippen LogP contribution in [-0.2, 0) is 4.74 Å². The third kappa shape index (κ3) is 2.29. The predicted octanol–water partition coefficient (Wildman–Crippen LogP) is 2.05. The summed E-state index contributed by atoms with van der Waals surface area (Å²) in [6, 6.07) is 0.695. The molecule has 2 heteroatoms. The minimum Gasteiger partial charge on any atom is -0.381 e. The monoisotopic (exact) mass is 197 g/mol. The summed E-state index contributed by atoms with van der Waals surface area (Å²) < 4.78 is 5.44. The Morgan fingerprint density at radius 3 is 2.71 bits per heavy atom. The number of nitrogens with one attached hydrogen (secondary N) is 1. The Morgan fingerprint density at radius 1 is 1.43 bits per heavy atom. The maximum absolute atomic E-state index is 5.44. The molecule has 0 bridgehead atoms. The zero-order chi connectivity index (χ0) is 10.2. The highest BCUT2D eigenvalue weighted by molar-refractivity contribution is 4.96. The molecule has 1 aliphatic carbocycles. The Bertz CT molecular complexity index is 202. The van der Waals surface area contributed by atoms with E-state index in [9.17, 15) is 0 Å². The summed E-state index contributed by atoms with van der Waals surface area (Å²) in [4.78, 5) is 0. The van der Waals surface area contributed by atoms with Crippen LogP contribution >= 0.6 is 0 Å². The van der Waals surface area contributed by atoms with Crippen molar-refractivity contribution in [1.29, 1.82) is 0 Å². The Morgan fingerprint density at radius 2 is 2.14 bits per heavy atom.